The fourth-order valence-electron chi connectivity index (χ4n) is 3.12. The average Bonchev–Trinajstić information content (AvgIpc) is 2.87. The maximum Gasteiger partial charge on any atom is 0.294 e. The first-order chi connectivity index (χ1) is 12.7. The van der Waals surface area contributed by atoms with Gasteiger partial charge in [0, 0.05) is 11.5 Å². The van der Waals surface area contributed by atoms with Crippen molar-refractivity contribution < 1.29 is 22.6 Å². The zero-order valence-corrected chi connectivity index (χ0v) is 14.3. The highest BCUT2D eigenvalue weighted by molar-refractivity contribution is 7.85. The summed E-state index contributed by atoms with van der Waals surface area (Å²) in [6.45, 7) is 0. The van der Waals surface area contributed by atoms with Gasteiger partial charge in [0.05, 0.1) is 21.7 Å². The van der Waals surface area contributed by atoms with Crippen molar-refractivity contribution in [3.63, 3.8) is 0 Å². The molecule has 0 bridgehead atoms. The minimum Gasteiger partial charge on any atom is -0.384 e. The van der Waals surface area contributed by atoms with Crippen molar-refractivity contribution in [1.29, 1.82) is 0 Å². The summed E-state index contributed by atoms with van der Waals surface area (Å²) in [5.74, 6) is -1.68. The number of nitrogens with zero attached hydrogens (tertiary/aromatic N) is 1. The Morgan fingerprint density at radius 1 is 1.00 bits per heavy atom. The highest BCUT2D eigenvalue weighted by atomic mass is 32.2. The fourth-order valence-corrected chi connectivity index (χ4v) is 3.63. The number of nitrogen functional groups attached to an aromatic ring is 1. The number of hydrogen-bond donors (Lipinski definition) is 3. The standard InChI is InChI=1S/C17H11N3O6S/c18-15-14-11(16(22)19-17(14)23)7-13(21)20(15)12-3-1-2-8-4-5-9(6-10(8)12)27(24,25)26/h1-7H,18H2,(H,19,22,23)(H,24,25,26). The van der Waals surface area contributed by atoms with Crippen LogP contribution in [0.1, 0.15) is 20.7 Å². The molecule has 27 heavy (non-hydrogen) atoms. The molecule has 4 rings (SSSR count). The van der Waals surface area contributed by atoms with Gasteiger partial charge in [-0.25, -0.2) is 0 Å². The van der Waals surface area contributed by atoms with Crippen LogP contribution in [0, 0.1) is 0 Å². The minimum absolute atomic E-state index is 0.113. The van der Waals surface area contributed by atoms with Gasteiger partial charge in [0.1, 0.15) is 5.82 Å². The second kappa shape index (κ2) is 5.50. The molecule has 2 heterocycles. The molecule has 0 atom stereocenters. The van der Waals surface area contributed by atoms with Crippen LogP contribution in [0.2, 0.25) is 0 Å². The van der Waals surface area contributed by atoms with Gasteiger partial charge in [-0.1, -0.05) is 18.2 Å². The van der Waals surface area contributed by atoms with E-state index in [-0.39, 0.29) is 27.5 Å². The van der Waals surface area contributed by atoms with Gasteiger partial charge in [-0.3, -0.25) is 28.8 Å². The summed E-state index contributed by atoms with van der Waals surface area (Å²) in [7, 11) is -4.47. The topological polar surface area (TPSA) is 149 Å². The van der Waals surface area contributed by atoms with Crippen molar-refractivity contribution >= 4 is 38.5 Å². The van der Waals surface area contributed by atoms with Gasteiger partial charge in [0.25, 0.3) is 27.5 Å². The minimum atomic E-state index is -4.47. The van der Waals surface area contributed by atoms with Crippen molar-refractivity contribution in [2.45, 2.75) is 4.90 Å². The molecular weight excluding hydrogens is 374 g/mol. The van der Waals surface area contributed by atoms with Crippen LogP contribution in [0.5, 0.6) is 0 Å². The smallest absolute Gasteiger partial charge is 0.294 e. The quantitative estimate of drug-likeness (QED) is 0.434. The van der Waals surface area contributed by atoms with Gasteiger partial charge in [0.15, 0.2) is 0 Å². The van der Waals surface area contributed by atoms with Crippen LogP contribution in [0.15, 0.2) is 52.2 Å². The van der Waals surface area contributed by atoms with Gasteiger partial charge < -0.3 is 5.73 Å². The molecule has 9 nitrogen and oxygen atoms in total. The SMILES string of the molecule is Nc1c2c(cc(=O)n1-c1cccc3ccc(S(=O)(=O)O)cc13)C(=O)NC2=O. The van der Waals surface area contributed by atoms with E-state index in [9.17, 15) is 27.4 Å². The maximum atomic E-state index is 12.6. The maximum absolute atomic E-state index is 12.6. The summed E-state index contributed by atoms with van der Waals surface area (Å²) in [4.78, 5) is 36.0. The first-order valence-corrected chi connectivity index (χ1v) is 9.04. The molecule has 1 aromatic heterocycles. The highest BCUT2D eigenvalue weighted by Crippen LogP contribution is 2.28. The van der Waals surface area contributed by atoms with Crippen LogP contribution in [0.3, 0.4) is 0 Å². The molecule has 10 heteroatoms. The lowest BCUT2D eigenvalue weighted by atomic mass is 10.1. The molecule has 0 spiro atoms. The predicted octanol–water partition coefficient (Wildman–Crippen LogP) is 0.703. The first-order valence-electron chi connectivity index (χ1n) is 7.60. The number of rotatable bonds is 2. The van der Waals surface area contributed by atoms with E-state index in [1.165, 1.54) is 24.3 Å². The zero-order chi connectivity index (χ0) is 19.5. The average molecular weight is 385 g/mol. The Balaban J connectivity index is 2.10. The molecule has 0 saturated heterocycles. The third-order valence-corrected chi connectivity index (χ3v) is 5.17. The summed E-state index contributed by atoms with van der Waals surface area (Å²) in [6, 6.07) is 9.69. The monoisotopic (exact) mass is 385 g/mol. The third-order valence-electron chi connectivity index (χ3n) is 4.32. The number of nitrogens with two attached hydrogens (primary N) is 1. The molecule has 1 aliphatic heterocycles. The normalized spacial score (nSPS) is 13.7. The number of anilines is 1. The summed E-state index contributed by atoms with van der Waals surface area (Å²) < 4.78 is 33.2. The number of amides is 2. The number of carbonyl (C=O) groups is 2. The van der Waals surface area contributed by atoms with Crippen LogP contribution in [0.25, 0.3) is 16.5 Å². The van der Waals surface area contributed by atoms with Crippen LogP contribution < -0.4 is 16.6 Å². The Bertz CT molecular complexity index is 1340. The van der Waals surface area contributed by atoms with Crippen molar-refractivity contribution in [1.82, 2.24) is 9.88 Å². The van der Waals surface area contributed by atoms with E-state index < -0.39 is 27.5 Å². The molecule has 0 unspecified atom stereocenters. The number of carbonyl (C=O) groups excluding carboxylic acids is 2. The molecule has 1 aliphatic rings. The fraction of sp³-hybridized carbons (Fsp3) is 0. The lowest BCUT2D eigenvalue weighted by Gasteiger charge is -2.14. The van der Waals surface area contributed by atoms with Crippen molar-refractivity contribution in [2.24, 2.45) is 0 Å². The predicted molar refractivity (Wildman–Crippen MR) is 95.6 cm³/mol. The van der Waals surface area contributed by atoms with E-state index in [2.05, 4.69) is 5.32 Å². The number of aromatic nitrogens is 1. The number of benzene rings is 2. The lowest BCUT2D eigenvalue weighted by Crippen LogP contribution is -2.24. The summed E-state index contributed by atoms with van der Waals surface area (Å²) >= 11 is 0. The molecule has 0 saturated carbocycles. The molecule has 0 aliphatic carbocycles. The Morgan fingerprint density at radius 3 is 2.44 bits per heavy atom. The van der Waals surface area contributed by atoms with Crippen molar-refractivity contribution in [2.75, 3.05) is 5.73 Å². The van der Waals surface area contributed by atoms with E-state index in [0.29, 0.717) is 10.8 Å². The summed E-state index contributed by atoms with van der Waals surface area (Å²) in [5, 5.41) is 2.96. The number of pyridine rings is 1. The van der Waals surface area contributed by atoms with Gasteiger partial charge in [0.2, 0.25) is 0 Å². The number of fused-ring (bicyclic) bond motifs is 2. The Kier molecular flexibility index (Phi) is 3.45. The summed E-state index contributed by atoms with van der Waals surface area (Å²) in [6.07, 6.45) is 0. The van der Waals surface area contributed by atoms with Crippen molar-refractivity contribution in [3.8, 4) is 5.69 Å². The van der Waals surface area contributed by atoms with E-state index in [1.807, 2.05) is 0 Å². The summed E-state index contributed by atoms with van der Waals surface area (Å²) in [5.41, 5.74) is 5.32. The van der Waals surface area contributed by atoms with Crippen LogP contribution >= 0.6 is 0 Å². The van der Waals surface area contributed by atoms with E-state index in [0.717, 1.165) is 10.6 Å². The second-order valence-corrected chi connectivity index (χ2v) is 7.33. The number of nitrogens with one attached hydrogen (secondary N) is 1. The van der Waals surface area contributed by atoms with Gasteiger partial charge in [-0.2, -0.15) is 8.42 Å². The van der Waals surface area contributed by atoms with E-state index in [4.69, 9.17) is 5.73 Å². The molecule has 2 amide bonds. The molecule has 2 aromatic carbocycles. The van der Waals surface area contributed by atoms with Crippen LogP contribution in [-0.4, -0.2) is 29.4 Å². The molecule has 136 valence electrons. The Hall–Kier alpha value is -3.50. The Labute approximate surface area is 151 Å². The molecule has 0 fully saturated rings. The Morgan fingerprint density at radius 2 is 1.74 bits per heavy atom. The molecule has 3 aromatic rings. The molecule has 4 N–H and O–H groups in total. The number of hydrogen-bond acceptors (Lipinski definition) is 6. The van der Waals surface area contributed by atoms with Crippen LogP contribution in [0.4, 0.5) is 5.82 Å². The first kappa shape index (κ1) is 16.9. The lowest BCUT2D eigenvalue weighted by molar-refractivity contribution is 0.0880. The highest BCUT2D eigenvalue weighted by Gasteiger charge is 2.32. The largest absolute Gasteiger partial charge is 0.384 e. The van der Waals surface area contributed by atoms with E-state index >= 15 is 0 Å². The van der Waals surface area contributed by atoms with Crippen molar-refractivity contribution in [3.05, 3.63) is 63.9 Å². The van der Waals surface area contributed by atoms with Gasteiger partial charge in [-0.15, -0.1) is 0 Å². The van der Waals surface area contributed by atoms with Gasteiger partial charge in [-0.05, 0) is 23.6 Å². The molecule has 0 radical (unpaired) electrons. The molecular formula is C17H11N3O6S. The second-order valence-electron chi connectivity index (χ2n) is 5.91. The third kappa shape index (κ3) is 2.50. The van der Waals surface area contributed by atoms with Crippen LogP contribution in [-0.2, 0) is 10.1 Å². The van der Waals surface area contributed by atoms with E-state index in [1.54, 1.807) is 12.1 Å². The number of imide groups is 1. The zero-order valence-electron chi connectivity index (χ0n) is 13.5. The van der Waals surface area contributed by atoms with Gasteiger partial charge >= 0.3 is 0 Å².